The fourth-order valence-electron chi connectivity index (χ4n) is 1.37. The van der Waals surface area contributed by atoms with Crippen LogP contribution in [0.3, 0.4) is 0 Å². The summed E-state index contributed by atoms with van der Waals surface area (Å²) in [6.45, 7) is 0.125. The summed E-state index contributed by atoms with van der Waals surface area (Å²) in [5, 5.41) is 18.2. The number of esters is 1. The third-order valence-electron chi connectivity index (χ3n) is 1.97. The van der Waals surface area contributed by atoms with Crippen molar-refractivity contribution in [1.29, 1.82) is 0 Å². The van der Waals surface area contributed by atoms with Gasteiger partial charge in [-0.1, -0.05) is 0 Å². The number of fused-ring (bicyclic) bond motifs is 1. The van der Waals surface area contributed by atoms with Crippen LogP contribution in [0.5, 0.6) is 0 Å². The monoisotopic (exact) mass is 160 g/mol. The van der Waals surface area contributed by atoms with Gasteiger partial charge in [-0.15, -0.1) is 0 Å². The SMILES string of the molecule is O=C1O[C@H]2[C@H](OC[C@H]2O)[C@H]1O. The van der Waals surface area contributed by atoms with E-state index < -0.39 is 30.4 Å². The molecule has 0 unspecified atom stereocenters. The van der Waals surface area contributed by atoms with Gasteiger partial charge in [0.15, 0.2) is 12.2 Å². The van der Waals surface area contributed by atoms with Gasteiger partial charge in [0, 0.05) is 0 Å². The van der Waals surface area contributed by atoms with E-state index in [2.05, 4.69) is 4.74 Å². The number of hydrogen-bond acceptors (Lipinski definition) is 5. The molecule has 0 aromatic carbocycles. The number of carbonyl (C=O) groups excluding carboxylic acids is 1. The Bertz CT molecular complexity index is 191. The lowest BCUT2D eigenvalue weighted by Gasteiger charge is -2.07. The Kier molecular flexibility index (Phi) is 1.38. The van der Waals surface area contributed by atoms with E-state index >= 15 is 0 Å². The van der Waals surface area contributed by atoms with Gasteiger partial charge in [0.1, 0.15) is 12.2 Å². The van der Waals surface area contributed by atoms with Gasteiger partial charge in [-0.2, -0.15) is 0 Å². The molecule has 2 aliphatic heterocycles. The van der Waals surface area contributed by atoms with Gasteiger partial charge in [-0.05, 0) is 0 Å². The Labute approximate surface area is 62.5 Å². The second-order valence-electron chi connectivity index (χ2n) is 2.71. The Morgan fingerprint density at radius 2 is 2.09 bits per heavy atom. The van der Waals surface area contributed by atoms with Crippen LogP contribution in [-0.4, -0.2) is 47.2 Å². The fraction of sp³-hybridized carbons (Fsp3) is 0.833. The molecule has 4 atom stereocenters. The van der Waals surface area contributed by atoms with Crippen molar-refractivity contribution in [2.75, 3.05) is 6.61 Å². The highest BCUT2D eigenvalue weighted by Gasteiger charge is 2.52. The normalized spacial score (nSPS) is 49.1. The lowest BCUT2D eigenvalue weighted by atomic mass is 10.1. The zero-order valence-electron chi connectivity index (χ0n) is 5.64. The van der Waals surface area contributed by atoms with E-state index in [0.717, 1.165) is 0 Å². The van der Waals surface area contributed by atoms with Crippen LogP contribution in [0.4, 0.5) is 0 Å². The second-order valence-corrected chi connectivity index (χ2v) is 2.71. The maximum atomic E-state index is 10.7. The van der Waals surface area contributed by atoms with Crippen molar-refractivity contribution in [1.82, 2.24) is 0 Å². The Morgan fingerprint density at radius 3 is 2.73 bits per heavy atom. The van der Waals surface area contributed by atoms with Crippen molar-refractivity contribution in [3.8, 4) is 0 Å². The van der Waals surface area contributed by atoms with Crippen LogP contribution in [0.2, 0.25) is 0 Å². The van der Waals surface area contributed by atoms with Gasteiger partial charge in [0.25, 0.3) is 0 Å². The zero-order valence-corrected chi connectivity index (χ0v) is 5.64. The topological polar surface area (TPSA) is 76.0 Å². The summed E-state index contributed by atoms with van der Waals surface area (Å²) >= 11 is 0. The van der Waals surface area contributed by atoms with Crippen molar-refractivity contribution in [2.24, 2.45) is 0 Å². The number of carbonyl (C=O) groups is 1. The third kappa shape index (κ3) is 0.852. The van der Waals surface area contributed by atoms with E-state index in [1.165, 1.54) is 0 Å². The van der Waals surface area contributed by atoms with Gasteiger partial charge < -0.3 is 19.7 Å². The van der Waals surface area contributed by atoms with Crippen LogP contribution in [0, 0.1) is 0 Å². The first-order valence-corrected chi connectivity index (χ1v) is 3.38. The number of rotatable bonds is 0. The second kappa shape index (κ2) is 2.17. The largest absolute Gasteiger partial charge is 0.455 e. The van der Waals surface area contributed by atoms with Gasteiger partial charge >= 0.3 is 5.97 Å². The molecule has 2 saturated heterocycles. The molecule has 62 valence electrons. The number of ether oxygens (including phenoxy) is 2. The maximum absolute atomic E-state index is 10.7. The molecule has 11 heavy (non-hydrogen) atoms. The zero-order chi connectivity index (χ0) is 8.01. The summed E-state index contributed by atoms with van der Waals surface area (Å²) in [5.74, 6) is -0.709. The standard InChI is InChI=1S/C6H8O5/c7-2-1-10-5-3(8)6(9)11-4(2)5/h2-5,7-8H,1H2/t2-,3-,4-,5-/m1/s1. The van der Waals surface area contributed by atoms with E-state index in [1.54, 1.807) is 0 Å². The van der Waals surface area contributed by atoms with Crippen molar-refractivity contribution in [3.05, 3.63) is 0 Å². The number of aliphatic hydroxyl groups excluding tert-OH is 2. The summed E-state index contributed by atoms with van der Waals surface area (Å²) in [4.78, 5) is 10.7. The highest BCUT2D eigenvalue weighted by molar-refractivity contribution is 5.78. The van der Waals surface area contributed by atoms with Crippen molar-refractivity contribution >= 4 is 5.97 Å². The maximum Gasteiger partial charge on any atom is 0.338 e. The minimum Gasteiger partial charge on any atom is -0.455 e. The lowest BCUT2D eigenvalue weighted by molar-refractivity contribution is -0.151. The van der Waals surface area contributed by atoms with Crippen molar-refractivity contribution < 1.29 is 24.5 Å². The quantitative estimate of drug-likeness (QED) is 0.402. The molecular weight excluding hydrogens is 152 g/mol. The molecular formula is C6H8O5. The first kappa shape index (κ1) is 7.02. The van der Waals surface area contributed by atoms with E-state index in [4.69, 9.17) is 14.9 Å². The highest BCUT2D eigenvalue weighted by atomic mass is 16.6. The highest BCUT2D eigenvalue weighted by Crippen LogP contribution is 2.27. The molecule has 5 nitrogen and oxygen atoms in total. The van der Waals surface area contributed by atoms with Gasteiger partial charge in [-0.25, -0.2) is 4.79 Å². The van der Waals surface area contributed by atoms with E-state index in [0.29, 0.717) is 0 Å². The number of aliphatic hydroxyl groups is 2. The van der Waals surface area contributed by atoms with Crippen LogP contribution in [0.15, 0.2) is 0 Å². The van der Waals surface area contributed by atoms with E-state index in [1.807, 2.05) is 0 Å². The molecule has 0 saturated carbocycles. The van der Waals surface area contributed by atoms with Gasteiger partial charge in [-0.3, -0.25) is 0 Å². The summed E-state index contributed by atoms with van der Waals surface area (Å²) in [6, 6.07) is 0. The molecule has 0 spiro atoms. The summed E-state index contributed by atoms with van der Waals surface area (Å²) in [6.07, 6.45) is -3.35. The van der Waals surface area contributed by atoms with Crippen LogP contribution in [0.1, 0.15) is 0 Å². The first-order chi connectivity index (χ1) is 5.20. The van der Waals surface area contributed by atoms with Crippen LogP contribution >= 0.6 is 0 Å². The summed E-state index contributed by atoms with van der Waals surface area (Å²) in [5.41, 5.74) is 0. The third-order valence-corrected chi connectivity index (χ3v) is 1.97. The molecule has 0 amide bonds. The molecule has 0 aromatic heterocycles. The summed E-state index contributed by atoms with van der Waals surface area (Å²) < 4.78 is 9.57. The van der Waals surface area contributed by atoms with Crippen LogP contribution < -0.4 is 0 Å². The molecule has 5 heteroatoms. The minimum absolute atomic E-state index is 0.125. The van der Waals surface area contributed by atoms with Gasteiger partial charge in [0.05, 0.1) is 6.61 Å². The summed E-state index contributed by atoms with van der Waals surface area (Å²) in [7, 11) is 0. The smallest absolute Gasteiger partial charge is 0.338 e. The molecule has 2 N–H and O–H groups in total. The predicted molar refractivity (Wildman–Crippen MR) is 31.6 cm³/mol. The average molecular weight is 160 g/mol. The molecule has 2 aliphatic rings. The van der Waals surface area contributed by atoms with Crippen LogP contribution in [0.25, 0.3) is 0 Å². The van der Waals surface area contributed by atoms with E-state index in [-0.39, 0.29) is 6.61 Å². The molecule has 0 aliphatic carbocycles. The van der Waals surface area contributed by atoms with E-state index in [9.17, 15) is 4.79 Å². The lowest BCUT2D eigenvalue weighted by Crippen LogP contribution is -2.31. The Hall–Kier alpha value is -0.650. The van der Waals surface area contributed by atoms with Crippen LogP contribution in [-0.2, 0) is 14.3 Å². The molecule has 2 fully saturated rings. The minimum atomic E-state index is -1.22. The molecule has 2 heterocycles. The Morgan fingerprint density at radius 1 is 1.36 bits per heavy atom. The molecule has 0 bridgehead atoms. The van der Waals surface area contributed by atoms with Gasteiger partial charge in [0.2, 0.25) is 0 Å². The average Bonchev–Trinajstić information content (AvgIpc) is 2.43. The predicted octanol–water partition coefficient (Wildman–Crippen LogP) is -1.97. The number of hydrogen-bond donors (Lipinski definition) is 2. The molecule has 0 aromatic rings. The fourth-order valence-corrected chi connectivity index (χ4v) is 1.37. The van der Waals surface area contributed by atoms with Crippen molar-refractivity contribution in [3.63, 3.8) is 0 Å². The Balaban J connectivity index is 2.18. The first-order valence-electron chi connectivity index (χ1n) is 3.38. The molecule has 2 rings (SSSR count). The molecule has 0 radical (unpaired) electrons. The van der Waals surface area contributed by atoms with Crippen molar-refractivity contribution in [2.45, 2.75) is 24.4 Å².